The molecule has 6 heteroatoms. The number of rotatable bonds is 7. The maximum absolute atomic E-state index is 12.7. The number of nitrogens with one attached hydrogen (secondary N) is 2. The molecular formula is C24H32N4O2. The number of nitrogens with zero attached hydrogens (tertiary/aromatic N) is 2. The molecule has 1 unspecified atom stereocenters. The van der Waals surface area contributed by atoms with Crippen molar-refractivity contribution in [1.82, 2.24) is 20.5 Å². The van der Waals surface area contributed by atoms with Crippen molar-refractivity contribution in [2.24, 2.45) is 5.92 Å². The van der Waals surface area contributed by atoms with Gasteiger partial charge in [-0.2, -0.15) is 0 Å². The molecule has 0 spiro atoms. The molecule has 4 rings (SSSR count). The molecule has 1 aromatic carbocycles. The topological polar surface area (TPSA) is 77.5 Å². The number of β-amino-alcohol motifs (C(OH)–C–C–N with tert-alkyl or cyclic N) is 1. The van der Waals surface area contributed by atoms with Crippen LogP contribution in [-0.4, -0.2) is 59.7 Å². The quantitative estimate of drug-likeness (QED) is 0.650. The summed E-state index contributed by atoms with van der Waals surface area (Å²) in [7, 11) is 0. The zero-order valence-electron chi connectivity index (χ0n) is 17.7. The van der Waals surface area contributed by atoms with Crippen molar-refractivity contribution in [1.29, 1.82) is 0 Å². The van der Waals surface area contributed by atoms with Crippen LogP contribution in [0.2, 0.25) is 0 Å². The molecule has 0 saturated carbocycles. The number of aryl methyl sites for hydroxylation is 1. The van der Waals surface area contributed by atoms with Crippen molar-refractivity contribution >= 4 is 5.91 Å². The number of hydrogen-bond donors (Lipinski definition) is 3. The molecule has 1 amide bonds. The van der Waals surface area contributed by atoms with Crippen LogP contribution < -0.4 is 10.6 Å². The Kier molecular flexibility index (Phi) is 6.77. The highest BCUT2D eigenvalue weighted by molar-refractivity contribution is 5.95. The fourth-order valence-corrected chi connectivity index (χ4v) is 4.49. The monoisotopic (exact) mass is 408 g/mol. The van der Waals surface area contributed by atoms with E-state index < -0.39 is 6.10 Å². The average molecular weight is 409 g/mol. The van der Waals surface area contributed by atoms with Gasteiger partial charge in [0.2, 0.25) is 0 Å². The van der Waals surface area contributed by atoms with E-state index in [2.05, 4.69) is 44.8 Å². The molecule has 1 saturated heterocycles. The van der Waals surface area contributed by atoms with Gasteiger partial charge in [0.05, 0.1) is 6.10 Å². The minimum atomic E-state index is -0.592. The molecule has 0 bridgehead atoms. The van der Waals surface area contributed by atoms with Crippen molar-refractivity contribution in [2.45, 2.75) is 38.8 Å². The fourth-order valence-electron chi connectivity index (χ4n) is 4.49. The predicted octanol–water partition coefficient (Wildman–Crippen LogP) is 1.69. The summed E-state index contributed by atoms with van der Waals surface area (Å²) in [6, 6.07) is 10.4. The normalized spacial score (nSPS) is 20.0. The summed E-state index contributed by atoms with van der Waals surface area (Å²) in [5.74, 6) is 0.455. The SMILES string of the molecule is Cc1cnc(CC2CCNC2)cc1C(=O)NC[C@H](O)CN1CCc2ccccc2C1. The third-order valence-corrected chi connectivity index (χ3v) is 6.24. The zero-order chi connectivity index (χ0) is 20.9. The number of aromatic nitrogens is 1. The maximum Gasteiger partial charge on any atom is 0.251 e. The first-order valence-corrected chi connectivity index (χ1v) is 11.0. The Balaban J connectivity index is 1.28. The number of aliphatic hydroxyl groups excluding tert-OH is 1. The molecule has 2 aliphatic heterocycles. The highest BCUT2D eigenvalue weighted by Gasteiger charge is 2.20. The summed E-state index contributed by atoms with van der Waals surface area (Å²) < 4.78 is 0. The Hall–Kier alpha value is -2.28. The summed E-state index contributed by atoms with van der Waals surface area (Å²) >= 11 is 0. The van der Waals surface area contributed by atoms with Crippen LogP contribution in [0.25, 0.3) is 0 Å². The molecule has 2 atom stereocenters. The van der Waals surface area contributed by atoms with Crippen molar-refractivity contribution in [3.63, 3.8) is 0 Å². The number of carbonyl (C=O) groups is 1. The van der Waals surface area contributed by atoms with E-state index in [-0.39, 0.29) is 12.5 Å². The lowest BCUT2D eigenvalue weighted by molar-refractivity contribution is 0.0841. The van der Waals surface area contributed by atoms with Crippen LogP contribution in [-0.2, 0) is 19.4 Å². The Labute approximate surface area is 178 Å². The lowest BCUT2D eigenvalue weighted by Gasteiger charge is -2.30. The molecule has 30 heavy (non-hydrogen) atoms. The van der Waals surface area contributed by atoms with Crippen LogP contribution in [0.3, 0.4) is 0 Å². The molecule has 1 fully saturated rings. The summed E-state index contributed by atoms with van der Waals surface area (Å²) in [6.45, 7) is 6.58. The van der Waals surface area contributed by atoms with Gasteiger partial charge in [-0.05, 0) is 68.0 Å². The first-order valence-electron chi connectivity index (χ1n) is 11.0. The number of amides is 1. The van der Waals surface area contributed by atoms with Gasteiger partial charge in [0.15, 0.2) is 0 Å². The van der Waals surface area contributed by atoms with E-state index in [0.717, 1.165) is 56.7 Å². The second-order valence-corrected chi connectivity index (χ2v) is 8.67. The predicted molar refractivity (Wildman–Crippen MR) is 117 cm³/mol. The number of aliphatic hydroxyl groups is 1. The molecule has 2 aliphatic rings. The average Bonchev–Trinajstić information content (AvgIpc) is 3.26. The lowest BCUT2D eigenvalue weighted by Crippen LogP contribution is -2.42. The van der Waals surface area contributed by atoms with Crippen LogP contribution in [0.5, 0.6) is 0 Å². The van der Waals surface area contributed by atoms with E-state index in [1.807, 2.05) is 13.0 Å². The standard InChI is InChI=1S/C24H32N4O2/c1-17-12-26-21(10-18-6-8-25-13-18)11-23(17)24(30)27-14-22(29)16-28-9-7-19-4-2-3-5-20(19)15-28/h2-5,11-12,18,22,25,29H,6-10,13-16H2,1H3,(H,27,30)/t18?,22-/m0/s1. The van der Waals surface area contributed by atoms with Gasteiger partial charge >= 0.3 is 0 Å². The van der Waals surface area contributed by atoms with Gasteiger partial charge in [-0.1, -0.05) is 24.3 Å². The molecule has 0 radical (unpaired) electrons. The second kappa shape index (κ2) is 9.69. The molecule has 3 N–H and O–H groups in total. The van der Waals surface area contributed by atoms with Gasteiger partial charge in [-0.25, -0.2) is 0 Å². The maximum atomic E-state index is 12.7. The Bertz CT molecular complexity index is 879. The summed E-state index contributed by atoms with van der Waals surface area (Å²) in [4.78, 5) is 19.5. The van der Waals surface area contributed by atoms with Crippen LogP contribution in [0.15, 0.2) is 36.5 Å². The minimum Gasteiger partial charge on any atom is -0.390 e. The summed E-state index contributed by atoms with van der Waals surface area (Å²) in [5, 5.41) is 16.8. The summed E-state index contributed by atoms with van der Waals surface area (Å²) in [5.41, 5.74) is 5.21. The first kappa shape index (κ1) is 21.0. The van der Waals surface area contributed by atoms with E-state index in [1.165, 1.54) is 11.1 Å². The van der Waals surface area contributed by atoms with E-state index >= 15 is 0 Å². The first-order chi connectivity index (χ1) is 14.6. The van der Waals surface area contributed by atoms with Crippen molar-refractivity contribution in [2.75, 3.05) is 32.7 Å². The van der Waals surface area contributed by atoms with Crippen LogP contribution in [0.4, 0.5) is 0 Å². The highest BCUT2D eigenvalue weighted by atomic mass is 16.3. The van der Waals surface area contributed by atoms with E-state index in [1.54, 1.807) is 6.20 Å². The smallest absolute Gasteiger partial charge is 0.251 e. The second-order valence-electron chi connectivity index (χ2n) is 8.67. The van der Waals surface area contributed by atoms with E-state index in [0.29, 0.717) is 18.0 Å². The van der Waals surface area contributed by atoms with Crippen molar-refractivity contribution in [3.8, 4) is 0 Å². The molecule has 0 aliphatic carbocycles. The molecule has 3 heterocycles. The number of fused-ring (bicyclic) bond motifs is 1. The summed E-state index contributed by atoms with van der Waals surface area (Å²) in [6.07, 6.45) is 4.25. The molecule has 2 aromatic rings. The van der Waals surface area contributed by atoms with Gasteiger partial charge in [-0.3, -0.25) is 14.7 Å². The third kappa shape index (κ3) is 5.25. The lowest BCUT2D eigenvalue weighted by atomic mass is 9.99. The number of carbonyl (C=O) groups excluding carboxylic acids is 1. The van der Waals surface area contributed by atoms with Gasteiger partial charge in [-0.15, -0.1) is 0 Å². The zero-order valence-corrected chi connectivity index (χ0v) is 17.7. The van der Waals surface area contributed by atoms with Crippen molar-refractivity contribution in [3.05, 3.63) is 64.5 Å². The minimum absolute atomic E-state index is 0.135. The van der Waals surface area contributed by atoms with Crippen LogP contribution in [0, 0.1) is 12.8 Å². The van der Waals surface area contributed by atoms with Crippen LogP contribution >= 0.6 is 0 Å². The van der Waals surface area contributed by atoms with Gasteiger partial charge in [0, 0.05) is 43.6 Å². The van der Waals surface area contributed by atoms with Gasteiger partial charge in [0.1, 0.15) is 0 Å². The number of hydrogen-bond acceptors (Lipinski definition) is 5. The van der Waals surface area contributed by atoms with E-state index in [9.17, 15) is 9.90 Å². The third-order valence-electron chi connectivity index (χ3n) is 6.24. The number of pyridine rings is 1. The molecule has 160 valence electrons. The molecule has 1 aromatic heterocycles. The molecule has 6 nitrogen and oxygen atoms in total. The van der Waals surface area contributed by atoms with Gasteiger partial charge in [0.25, 0.3) is 5.91 Å². The Morgan fingerprint density at radius 1 is 1.37 bits per heavy atom. The Morgan fingerprint density at radius 3 is 3.00 bits per heavy atom. The molecular weight excluding hydrogens is 376 g/mol. The van der Waals surface area contributed by atoms with E-state index in [4.69, 9.17) is 0 Å². The van der Waals surface area contributed by atoms with Gasteiger partial charge < -0.3 is 15.7 Å². The number of benzene rings is 1. The van der Waals surface area contributed by atoms with Crippen LogP contribution in [0.1, 0.15) is 39.2 Å². The van der Waals surface area contributed by atoms with Crippen molar-refractivity contribution < 1.29 is 9.90 Å². The largest absolute Gasteiger partial charge is 0.390 e. The Morgan fingerprint density at radius 2 is 2.20 bits per heavy atom. The highest BCUT2D eigenvalue weighted by Crippen LogP contribution is 2.19. The fraction of sp³-hybridized carbons (Fsp3) is 0.500.